The Morgan fingerprint density at radius 1 is 0.209 bits per heavy atom. The Labute approximate surface area is 421 Å². The molecule has 0 aromatic rings. The molecule has 5 heteroatoms. The van der Waals surface area contributed by atoms with Crippen molar-refractivity contribution in [2.24, 2.45) is 0 Å². The summed E-state index contributed by atoms with van der Waals surface area (Å²) in [7, 11) is 0. The normalized spacial score (nSPS) is 11.5. The summed E-state index contributed by atoms with van der Waals surface area (Å²) in [5.74, 6) is -0.259. The van der Waals surface area contributed by atoms with Crippen LogP contribution in [0.15, 0.2) is 0 Å². The second kappa shape index (κ2) is 61.0. The molecule has 0 aliphatic heterocycles. The zero-order valence-electron chi connectivity index (χ0n) is 46.1. The lowest BCUT2D eigenvalue weighted by molar-refractivity contribution is -0.146. The highest BCUT2D eigenvalue weighted by atomic mass is 16.6. The van der Waals surface area contributed by atoms with Crippen LogP contribution >= 0.6 is 0 Å². The fraction of sp³-hybridized carbons (Fsp3) is 0.968. The molecule has 0 spiro atoms. The van der Waals surface area contributed by atoms with Gasteiger partial charge in [-0.25, -0.2) is 0 Å². The second-order valence-electron chi connectivity index (χ2n) is 21.2. The summed E-state index contributed by atoms with van der Waals surface area (Å²) in [6.07, 6.45) is 73.0. The zero-order chi connectivity index (χ0) is 48.3. The number of ether oxygens (including phenoxy) is 3. The van der Waals surface area contributed by atoms with Crippen LogP contribution in [0.5, 0.6) is 0 Å². The van der Waals surface area contributed by atoms with Gasteiger partial charge in [0.25, 0.3) is 0 Å². The molecule has 0 aromatic carbocycles. The van der Waals surface area contributed by atoms with E-state index < -0.39 is 0 Å². The number of hydrogen-bond donors (Lipinski definition) is 0. The molecule has 0 heterocycles. The van der Waals surface area contributed by atoms with E-state index in [2.05, 4.69) is 13.8 Å². The van der Waals surface area contributed by atoms with E-state index in [1.165, 1.54) is 308 Å². The molecule has 0 saturated carbocycles. The smallest absolute Gasteiger partial charge is 0.305 e. The van der Waals surface area contributed by atoms with Crippen molar-refractivity contribution in [1.29, 1.82) is 0 Å². The first-order valence-electron chi connectivity index (χ1n) is 31.1. The highest BCUT2D eigenvalue weighted by Gasteiger charge is 2.05. The summed E-state index contributed by atoms with van der Waals surface area (Å²) in [4.78, 5) is 24.1. The first-order chi connectivity index (χ1) is 33.2. The van der Waals surface area contributed by atoms with Crippen molar-refractivity contribution in [1.82, 2.24) is 0 Å². The molecule has 0 atom stereocenters. The second-order valence-corrected chi connectivity index (χ2v) is 21.2. The van der Waals surface area contributed by atoms with Gasteiger partial charge in [-0.2, -0.15) is 0 Å². The molecule has 0 aromatic heterocycles. The van der Waals surface area contributed by atoms with Gasteiger partial charge in [0.1, 0.15) is 13.2 Å². The Hall–Kier alpha value is -1.10. The van der Waals surface area contributed by atoms with Gasteiger partial charge in [0.2, 0.25) is 0 Å². The number of carbonyl (C=O) groups is 2. The van der Waals surface area contributed by atoms with Crippen LogP contribution in [0, 0.1) is 0 Å². The third-order valence-electron chi connectivity index (χ3n) is 14.5. The van der Waals surface area contributed by atoms with Crippen LogP contribution in [0.25, 0.3) is 0 Å². The molecular formula is C62H122O5. The van der Waals surface area contributed by atoms with Crippen molar-refractivity contribution < 1.29 is 23.8 Å². The minimum absolute atomic E-state index is 0.129. The molecule has 400 valence electrons. The maximum atomic E-state index is 12.0. The lowest BCUT2D eigenvalue weighted by Crippen LogP contribution is -2.14. The van der Waals surface area contributed by atoms with Crippen LogP contribution in [-0.2, 0) is 23.8 Å². The minimum atomic E-state index is -0.129. The third-order valence-corrected chi connectivity index (χ3v) is 14.5. The van der Waals surface area contributed by atoms with Gasteiger partial charge in [-0.05, 0) is 12.8 Å². The Morgan fingerprint density at radius 3 is 0.522 bits per heavy atom. The summed E-state index contributed by atoms with van der Waals surface area (Å²) in [5, 5.41) is 0. The highest BCUT2D eigenvalue weighted by Crippen LogP contribution is 2.19. The van der Waals surface area contributed by atoms with E-state index in [1.807, 2.05) is 0 Å². The summed E-state index contributed by atoms with van der Waals surface area (Å²) in [6, 6.07) is 0. The first kappa shape index (κ1) is 65.9. The average molecular weight is 948 g/mol. The van der Waals surface area contributed by atoms with E-state index in [-0.39, 0.29) is 25.2 Å². The van der Waals surface area contributed by atoms with Gasteiger partial charge >= 0.3 is 11.9 Å². The molecule has 0 saturated heterocycles. The predicted octanol–water partition coefficient (Wildman–Crippen LogP) is 21.2. The highest BCUT2D eigenvalue weighted by molar-refractivity contribution is 5.69. The molecule has 0 aliphatic rings. The molecule has 5 nitrogen and oxygen atoms in total. The Bertz CT molecular complexity index is 849. The van der Waals surface area contributed by atoms with Crippen molar-refractivity contribution in [3.8, 4) is 0 Å². The predicted molar refractivity (Wildman–Crippen MR) is 293 cm³/mol. The SMILES string of the molecule is CCCCCCCCCCCCCCCCCCCCCCCCCCCCC(=O)OCCOCCOC(=O)CCCCCCCCCCCCCCCCCCCCCCCCCCCC. The van der Waals surface area contributed by atoms with E-state index in [0.717, 1.165) is 25.7 Å². The fourth-order valence-electron chi connectivity index (χ4n) is 9.85. The first-order valence-corrected chi connectivity index (χ1v) is 31.1. The van der Waals surface area contributed by atoms with Gasteiger partial charge in [-0.3, -0.25) is 9.59 Å². The van der Waals surface area contributed by atoms with Crippen molar-refractivity contribution in [3.05, 3.63) is 0 Å². The van der Waals surface area contributed by atoms with E-state index >= 15 is 0 Å². The number of rotatable bonds is 60. The average Bonchev–Trinajstić information content (AvgIpc) is 3.33. The van der Waals surface area contributed by atoms with Crippen molar-refractivity contribution in [3.63, 3.8) is 0 Å². The van der Waals surface area contributed by atoms with Gasteiger partial charge in [0.15, 0.2) is 0 Å². The van der Waals surface area contributed by atoms with Gasteiger partial charge in [-0.1, -0.05) is 335 Å². The summed E-state index contributed by atoms with van der Waals surface area (Å²) >= 11 is 0. The summed E-state index contributed by atoms with van der Waals surface area (Å²) < 4.78 is 16.1. The topological polar surface area (TPSA) is 61.8 Å². The zero-order valence-corrected chi connectivity index (χ0v) is 46.1. The summed E-state index contributed by atoms with van der Waals surface area (Å²) in [6.45, 7) is 5.84. The van der Waals surface area contributed by atoms with E-state index in [4.69, 9.17) is 14.2 Å². The molecule has 67 heavy (non-hydrogen) atoms. The van der Waals surface area contributed by atoms with E-state index in [9.17, 15) is 9.59 Å². The maximum Gasteiger partial charge on any atom is 0.305 e. The molecule has 0 radical (unpaired) electrons. The monoisotopic (exact) mass is 947 g/mol. The van der Waals surface area contributed by atoms with Crippen molar-refractivity contribution in [2.45, 2.75) is 361 Å². The molecule has 0 amide bonds. The quantitative estimate of drug-likeness (QED) is 0.0449. The van der Waals surface area contributed by atoms with Crippen LogP contribution in [0.2, 0.25) is 0 Å². The van der Waals surface area contributed by atoms with Crippen LogP contribution in [-0.4, -0.2) is 38.4 Å². The van der Waals surface area contributed by atoms with Gasteiger partial charge in [-0.15, -0.1) is 0 Å². The lowest BCUT2D eigenvalue weighted by Gasteiger charge is -2.07. The van der Waals surface area contributed by atoms with Gasteiger partial charge in [0.05, 0.1) is 13.2 Å². The molecular weight excluding hydrogens is 825 g/mol. The maximum absolute atomic E-state index is 12.0. The lowest BCUT2D eigenvalue weighted by atomic mass is 10.0. The van der Waals surface area contributed by atoms with Crippen molar-refractivity contribution >= 4 is 11.9 Å². The molecule has 0 N–H and O–H groups in total. The largest absolute Gasteiger partial charge is 0.463 e. The van der Waals surface area contributed by atoms with Crippen molar-refractivity contribution in [2.75, 3.05) is 26.4 Å². The van der Waals surface area contributed by atoms with Gasteiger partial charge < -0.3 is 14.2 Å². The molecule has 0 fully saturated rings. The molecule has 0 aliphatic carbocycles. The van der Waals surface area contributed by atoms with Crippen LogP contribution < -0.4 is 0 Å². The summed E-state index contributed by atoms with van der Waals surface area (Å²) in [5.41, 5.74) is 0. The molecule has 0 bridgehead atoms. The number of carbonyl (C=O) groups excluding carboxylic acids is 2. The number of hydrogen-bond acceptors (Lipinski definition) is 5. The van der Waals surface area contributed by atoms with E-state index in [0.29, 0.717) is 26.1 Å². The Kier molecular flexibility index (Phi) is 60.0. The molecule has 0 unspecified atom stereocenters. The van der Waals surface area contributed by atoms with Crippen LogP contribution in [0.1, 0.15) is 361 Å². The minimum Gasteiger partial charge on any atom is -0.463 e. The Morgan fingerprint density at radius 2 is 0.358 bits per heavy atom. The van der Waals surface area contributed by atoms with Gasteiger partial charge in [0, 0.05) is 12.8 Å². The van der Waals surface area contributed by atoms with E-state index in [1.54, 1.807) is 0 Å². The van der Waals surface area contributed by atoms with Crippen LogP contribution in [0.3, 0.4) is 0 Å². The van der Waals surface area contributed by atoms with Crippen LogP contribution in [0.4, 0.5) is 0 Å². The third kappa shape index (κ3) is 61.0. The fourth-order valence-corrected chi connectivity index (χ4v) is 9.85. The number of unbranched alkanes of at least 4 members (excludes halogenated alkanes) is 50. The standard InChI is InChI=1S/C62H122O5/c1-3-5-7-9-11-13-15-17-19-21-23-25-27-29-31-33-35-37-39-41-43-45-47-49-51-53-55-61(63)66-59-57-65-58-60-67-62(64)56-54-52-50-48-46-44-42-40-38-36-34-32-30-28-26-24-22-20-18-16-14-12-10-8-6-4-2/h3-60H2,1-2H3. The molecule has 0 rings (SSSR count). The Balaban J connectivity index is 3.21. The number of esters is 2.